The number of H-pyrrole nitrogens is 1. The summed E-state index contributed by atoms with van der Waals surface area (Å²) in [6.07, 6.45) is 3.16. The summed E-state index contributed by atoms with van der Waals surface area (Å²) in [6, 6.07) is 13.0. The number of ether oxygens (including phenoxy) is 1. The number of hydrogen-bond donors (Lipinski definition) is 3. The first-order valence-electron chi connectivity index (χ1n) is 7.65. The van der Waals surface area contributed by atoms with Gasteiger partial charge in [-0.05, 0) is 48.5 Å². The van der Waals surface area contributed by atoms with Gasteiger partial charge in [-0.3, -0.25) is 9.36 Å². The number of carbonyl (C=O) groups excluding carboxylic acids is 1. The van der Waals surface area contributed by atoms with E-state index >= 15 is 0 Å². The van der Waals surface area contributed by atoms with E-state index in [1.165, 1.54) is 16.7 Å². The molecule has 3 rings (SSSR count). The van der Waals surface area contributed by atoms with E-state index in [-0.39, 0.29) is 11.6 Å². The van der Waals surface area contributed by atoms with Gasteiger partial charge >= 0.3 is 11.7 Å². The molecule has 1 amide bonds. The second-order valence-corrected chi connectivity index (χ2v) is 5.34. The van der Waals surface area contributed by atoms with Crippen molar-refractivity contribution >= 4 is 17.6 Å². The lowest BCUT2D eigenvalue weighted by molar-refractivity contribution is -0.139. The molecule has 0 spiro atoms. The van der Waals surface area contributed by atoms with Crippen LogP contribution in [-0.4, -0.2) is 33.1 Å². The lowest BCUT2D eigenvalue weighted by Crippen LogP contribution is -2.14. The minimum atomic E-state index is -1.07. The lowest BCUT2D eigenvalue weighted by atomic mass is 10.2. The molecule has 0 saturated carbocycles. The van der Waals surface area contributed by atoms with Crippen molar-refractivity contribution in [2.75, 3.05) is 11.9 Å². The zero-order valence-corrected chi connectivity index (χ0v) is 13.5. The third kappa shape index (κ3) is 3.99. The monoisotopic (exact) mass is 353 g/mol. The van der Waals surface area contributed by atoms with Crippen LogP contribution in [0.1, 0.15) is 10.4 Å². The van der Waals surface area contributed by atoms with Gasteiger partial charge in [0.1, 0.15) is 5.75 Å². The molecule has 1 aromatic heterocycles. The fraction of sp³-hybridized carbons (Fsp3) is 0.0556. The SMILES string of the molecule is O=C(O)COc1ccc(C(=O)Nc2ccc(-n3cc[nH]c3=O)cc2)cc1. The Morgan fingerprint density at radius 2 is 1.77 bits per heavy atom. The Morgan fingerprint density at radius 3 is 2.35 bits per heavy atom. The molecule has 0 radical (unpaired) electrons. The van der Waals surface area contributed by atoms with Gasteiger partial charge in [0.05, 0.1) is 5.69 Å². The first-order chi connectivity index (χ1) is 12.5. The summed E-state index contributed by atoms with van der Waals surface area (Å²) in [7, 11) is 0. The molecule has 8 nitrogen and oxygen atoms in total. The van der Waals surface area contributed by atoms with Gasteiger partial charge < -0.3 is 20.1 Å². The van der Waals surface area contributed by atoms with Crippen LogP contribution in [0.15, 0.2) is 65.7 Å². The molecule has 0 aliphatic rings. The molecule has 0 fully saturated rings. The fourth-order valence-corrected chi connectivity index (χ4v) is 2.28. The van der Waals surface area contributed by atoms with Crippen LogP contribution >= 0.6 is 0 Å². The number of aromatic amines is 1. The van der Waals surface area contributed by atoms with Gasteiger partial charge in [-0.25, -0.2) is 9.59 Å². The summed E-state index contributed by atoms with van der Waals surface area (Å²) in [6.45, 7) is -0.442. The Bertz CT molecular complexity index is 971. The molecular formula is C18H15N3O5. The molecule has 0 saturated heterocycles. The van der Waals surface area contributed by atoms with E-state index in [4.69, 9.17) is 9.84 Å². The molecule has 0 aliphatic carbocycles. The summed E-state index contributed by atoms with van der Waals surface area (Å²) < 4.78 is 6.46. The largest absolute Gasteiger partial charge is 0.482 e. The third-order valence-corrected chi connectivity index (χ3v) is 3.53. The van der Waals surface area contributed by atoms with Crippen LogP contribution in [0.2, 0.25) is 0 Å². The number of benzene rings is 2. The van der Waals surface area contributed by atoms with E-state index in [0.717, 1.165) is 0 Å². The van der Waals surface area contributed by atoms with Crippen molar-refractivity contribution in [3.8, 4) is 11.4 Å². The highest BCUT2D eigenvalue weighted by molar-refractivity contribution is 6.04. The highest BCUT2D eigenvalue weighted by atomic mass is 16.5. The molecule has 2 aromatic carbocycles. The summed E-state index contributed by atoms with van der Waals surface area (Å²) >= 11 is 0. The number of carbonyl (C=O) groups is 2. The maximum atomic E-state index is 12.3. The van der Waals surface area contributed by atoms with Crippen LogP contribution in [0, 0.1) is 0 Å². The summed E-state index contributed by atoms with van der Waals surface area (Å²) in [4.78, 5) is 36.8. The number of aliphatic carboxylic acids is 1. The van der Waals surface area contributed by atoms with Crippen molar-refractivity contribution in [2.45, 2.75) is 0 Å². The van der Waals surface area contributed by atoms with Gasteiger partial charge in [-0.2, -0.15) is 0 Å². The Kier molecular flexibility index (Phi) is 4.84. The second kappa shape index (κ2) is 7.39. The molecule has 8 heteroatoms. The van der Waals surface area contributed by atoms with Gasteiger partial charge in [0.15, 0.2) is 6.61 Å². The standard InChI is InChI=1S/C18H15N3O5/c22-16(23)11-26-15-7-1-12(2-8-15)17(24)20-13-3-5-14(6-4-13)21-10-9-19-18(21)25/h1-10H,11H2,(H,19,25)(H,20,24)(H,22,23). The average Bonchev–Trinajstić information content (AvgIpc) is 3.07. The predicted octanol–water partition coefficient (Wildman–Crippen LogP) is 1.88. The number of nitrogens with zero attached hydrogens (tertiary/aromatic N) is 1. The quantitative estimate of drug-likeness (QED) is 0.626. The van der Waals surface area contributed by atoms with Crippen LogP contribution in [-0.2, 0) is 4.79 Å². The number of hydrogen-bond acceptors (Lipinski definition) is 4. The number of anilines is 1. The zero-order valence-electron chi connectivity index (χ0n) is 13.5. The first kappa shape index (κ1) is 17.0. The van der Waals surface area contributed by atoms with E-state index in [9.17, 15) is 14.4 Å². The Morgan fingerprint density at radius 1 is 1.08 bits per heavy atom. The molecule has 132 valence electrons. The number of imidazole rings is 1. The van der Waals surface area contributed by atoms with Crippen LogP contribution in [0.4, 0.5) is 5.69 Å². The molecule has 1 heterocycles. The van der Waals surface area contributed by atoms with Crippen molar-refractivity contribution < 1.29 is 19.4 Å². The lowest BCUT2D eigenvalue weighted by Gasteiger charge is -2.08. The van der Waals surface area contributed by atoms with Crippen molar-refractivity contribution in [3.63, 3.8) is 0 Å². The van der Waals surface area contributed by atoms with E-state index in [2.05, 4.69) is 10.3 Å². The van der Waals surface area contributed by atoms with E-state index in [0.29, 0.717) is 22.7 Å². The summed E-state index contributed by atoms with van der Waals surface area (Å²) in [5.41, 5.74) is 1.41. The van der Waals surface area contributed by atoms with Crippen LogP contribution < -0.4 is 15.7 Å². The average molecular weight is 353 g/mol. The smallest absolute Gasteiger partial charge is 0.341 e. The predicted molar refractivity (Wildman–Crippen MR) is 93.9 cm³/mol. The molecule has 3 aromatic rings. The van der Waals surface area contributed by atoms with Crippen molar-refractivity contribution in [1.29, 1.82) is 0 Å². The second-order valence-electron chi connectivity index (χ2n) is 5.34. The molecule has 0 atom stereocenters. The summed E-state index contributed by atoms with van der Waals surface area (Å²) in [5.74, 6) is -1.02. The first-order valence-corrected chi connectivity index (χ1v) is 7.65. The normalized spacial score (nSPS) is 10.3. The molecule has 26 heavy (non-hydrogen) atoms. The van der Waals surface area contributed by atoms with Crippen LogP contribution in [0.5, 0.6) is 5.75 Å². The molecule has 3 N–H and O–H groups in total. The third-order valence-electron chi connectivity index (χ3n) is 3.53. The minimum Gasteiger partial charge on any atom is -0.482 e. The molecule has 0 bridgehead atoms. The summed E-state index contributed by atoms with van der Waals surface area (Å²) in [5, 5.41) is 11.3. The van der Waals surface area contributed by atoms with Gasteiger partial charge in [-0.15, -0.1) is 0 Å². The number of carboxylic acid groups (broad SMARTS) is 1. The zero-order chi connectivity index (χ0) is 18.5. The van der Waals surface area contributed by atoms with Gasteiger partial charge in [0.25, 0.3) is 5.91 Å². The Hall–Kier alpha value is -3.81. The van der Waals surface area contributed by atoms with Gasteiger partial charge in [0, 0.05) is 23.6 Å². The topological polar surface area (TPSA) is 113 Å². The van der Waals surface area contributed by atoms with Crippen molar-refractivity contribution in [3.05, 3.63) is 77.0 Å². The number of carboxylic acids is 1. The van der Waals surface area contributed by atoms with E-state index in [1.807, 2.05) is 0 Å². The minimum absolute atomic E-state index is 0.244. The van der Waals surface area contributed by atoms with Gasteiger partial charge in [0.2, 0.25) is 0 Å². The maximum Gasteiger partial charge on any atom is 0.341 e. The molecular weight excluding hydrogens is 338 g/mol. The van der Waals surface area contributed by atoms with Gasteiger partial charge in [-0.1, -0.05) is 0 Å². The fourth-order valence-electron chi connectivity index (χ4n) is 2.28. The van der Waals surface area contributed by atoms with Crippen LogP contribution in [0.3, 0.4) is 0 Å². The van der Waals surface area contributed by atoms with E-state index in [1.54, 1.807) is 48.8 Å². The number of aromatic nitrogens is 2. The number of nitrogens with one attached hydrogen (secondary N) is 2. The number of amides is 1. The maximum absolute atomic E-state index is 12.3. The highest BCUT2D eigenvalue weighted by Gasteiger charge is 2.08. The molecule has 0 unspecified atom stereocenters. The van der Waals surface area contributed by atoms with E-state index < -0.39 is 12.6 Å². The molecule has 0 aliphatic heterocycles. The van der Waals surface area contributed by atoms with Crippen molar-refractivity contribution in [1.82, 2.24) is 9.55 Å². The van der Waals surface area contributed by atoms with Crippen LogP contribution in [0.25, 0.3) is 5.69 Å². The highest BCUT2D eigenvalue weighted by Crippen LogP contribution is 2.16. The Balaban J connectivity index is 1.65. The Labute approximate surface area is 147 Å². The number of rotatable bonds is 6. The van der Waals surface area contributed by atoms with Crippen molar-refractivity contribution in [2.24, 2.45) is 0 Å².